The Bertz CT molecular complexity index is 2240. The molecule has 3 N–H and O–H groups in total. The third kappa shape index (κ3) is 4.98. The number of aromatic nitrogens is 1. The normalized spacial score (nSPS) is 37.5. The molecule has 310 valence electrons. The van der Waals surface area contributed by atoms with Gasteiger partial charge in [0.2, 0.25) is 0 Å². The number of likely N-dealkylation sites (N-methyl/N-ethyl adjacent to an activating group) is 1. The number of carbonyl (C=O) groups excluding carboxylic acids is 3. The summed E-state index contributed by atoms with van der Waals surface area (Å²) in [6.45, 7) is 10.2. The molecule has 1 saturated carbocycles. The van der Waals surface area contributed by atoms with Crippen LogP contribution in [0.2, 0.25) is 0 Å². The number of methoxy groups -OCH3 is 2. The molecule has 3 aromatic rings. The van der Waals surface area contributed by atoms with E-state index in [9.17, 15) is 19.8 Å². The van der Waals surface area contributed by atoms with E-state index in [0.717, 1.165) is 46.5 Å². The number of aliphatic hydroxyl groups is 2. The van der Waals surface area contributed by atoms with E-state index in [0.29, 0.717) is 69.5 Å². The van der Waals surface area contributed by atoms with E-state index in [1.54, 1.807) is 7.11 Å². The highest BCUT2D eigenvalue weighted by Crippen LogP contribution is 2.68. The summed E-state index contributed by atoms with van der Waals surface area (Å²) in [6.07, 6.45) is 6.30. The van der Waals surface area contributed by atoms with E-state index in [1.807, 2.05) is 50.1 Å². The fourth-order valence-electron chi connectivity index (χ4n) is 13.5. The van der Waals surface area contributed by atoms with Crippen LogP contribution in [0, 0.1) is 11.3 Å². The molecule has 10 atom stereocenters. The van der Waals surface area contributed by atoms with Crippen LogP contribution in [0.5, 0.6) is 5.75 Å². The Hall–Kier alpha value is -4.23. The molecule has 2 bridgehead atoms. The molecule has 0 amide bonds. The number of anilines is 1. The summed E-state index contributed by atoms with van der Waals surface area (Å²) in [4.78, 5) is 53.1. The summed E-state index contributed by atoms with van der Waals surface area (Å²) in [5.74, 6) is -1.04. The molecule has 58 heavy (non-hydrogen) atoms. The molecule has 9 rings (SSSR count). The predicted molar refractivity (Wildman–Crippen MR) is 219 cm³/mol. The molecule has 1 spiro atoms. The summed E-state index contributed by atoms with van der Waals surface area (Å²) >= 11 is 0. The Morgan fingerprint density at radius 3 is 2.45 bits per heavy atom. The highest BCUT2D eigenvalue weighted by molar-refractivity contribution is 5.95. The predicted octanol–water partition coefficient (Wildman–Crippen LogP) is 4.41. The van der Waals surface area contributed by atoms with Crippen LogP contribution in [0.4, 0.5) is 5.69 Å². The fraction of sp³-hybridized carbons (Fsp3) is 0.587. The van der Waals surface area contributed by atoms with E-state index in [2.05, 4.69) is 39.1 Å². The fourth-order valence-corrected chi connectivity index (χ4v) is 13.5. The third-order valence-corrected chi connectivity index (χ3v) is 15.7. The van der Waals surface area contributed by atoms with Crippen molar-refractivity contribution in [2.45, 2.75) is 106 Å². The summed E-state index contributed by atoms with van der Waals surface area (Å²) < 4.78 is 18.5. The van der Waals surface area contributed by atoms with Crippen LogP contribution in [0.1, 0.15) is 82.2 Å². The number of para-hydroxylation sites is 1. The molecular weight excluding hydrogens is 737 g/mol. The van der Waals surface area contributed by atoms with Gasteiger partial charge in [-0.15, -0.1) is 0 Å². The van der Waals surface area contributed by atoms with Crippen LogP contribution >= 0.6 is 0 Å². The van der Waals surface area contributed by atoms with Crippen molar-refractivity contribution in [2.75, 3.05) is 58.9 Å². The average Bonchev–Trinajstić information content (AvgIpc) is 3.87. The second-order valence-electron chi connectivity index (χ2n) is 18.3. The molecule has 12 heteroatoms. The van der Waals surface area contributed by atoms with E-state index in [-0.39, 0.29) is 12.0 Å². The Morgan fingerprint density at radius 2 is 1.76 bits per heavy atom. The van der Waals surface area contributed by atoms with Gasteiger partial charge in [0, 0.05) is 90.9 Å². The second-order valence-corrected chi connectivity index (χ2v) is 18.3. The van der Waals surface area contributed by atoms with Crippen molar-refractivity contribution in [1.82, 2.24) is 14.8 Å². The Balaban J connectivity index is 1.36. The number of nitrogens with zero attached hydrogens (tertiary/aromatic N) is 3. The van der Waals surface area contributed by atoms with Gasteiger partial charge in [0.15, 0.2) is 17.5 Å². The highest BCUT2D eigenvalue weighted by Gasteiger charge is 2.79. The van der Waals surface area contributed by atoms with Crippen molar-refractivity contribution in [3.05, 3.63) is 70.9 Å². The minimum absolute atomic E-state index is 0.0816. The number of ether oxygens (including phenoxy) is 3. The first-order valence-electron chi connectivity index (χ1n) is 21.1. The number of esters is 2. The van der Waals surface area contributed by atoms with Crippen LogP contribution in [0.3, 0.4) is 0 Å². The standard InChI is InChI=1S/C46H58N4O8/c1-8-42(54)23-29-24-45(41(53)57-7,37-31(15-19-49(25-29)26-42)30-13-10-11-14-34(30)47-37)33-21-32-35(22-36(33)56-6)48(5)39-44(32)17-20-50-18-12-16-43(9-2,38(44)50)40(58-28(4)52)46(39,55)27(3)51/h10-14,16,21-22,29,38-40,47,54-55H,8-9,15,17-20,23-26H2,1-7H3/t29-,38-,39+,40+,42-,43+,44+,45+,46-/m0/s1. The van der Waals surface area contributed by atoms with Crippen molar-refractivity contribution in [2.24, 2.45) is 11.3 Å². The second kappa shape index (κ2) is 13.4. The van der Waals surface area contributed by atoms with Gasteiger partial charge < -0.3 is 34.3 Å². The number of aromatic amines is 1. The number of rotatable bonds is 7. The number of fused-ring (bicyclic) bond motifs is 6. The zero-order chi connectivity index (χ0) is 41.2. The Morgan fingerprint density at radius 1 is 0.983 bits per heavy atom. The summed E-state index contributed by atoms with van der Waals surface area (Å²) in [5.41, 5.74) is -1.04. The first kappa shape index (κ1) is 39.2. The number of carbonyl (C=O) groups is 3. The van der Waals surface area contributed by atoms with Gasteiger partial charge in [-0.05, 0) is 81.2 Å². The minimum atomic E-state index is -2.09. The topological polar surface area (TPSA) is 145 Å². The molecule has 2 saturated heterocycles. The number of nitrogens with one attached hydrogen (secondary N) is 1. The van der Waals surface area contributed by atoms with Crippen LogP contribution in [-0.2, 0) is 41.1 Å². The summed E-state index contributed by atoms with van der Waals surface area (Å²) in [5, 5.41) is 26.3. The average molecular weight is 795 g/mol. The zero-order valence-corrected chi connectivity index (χ0v) is 34.9. The molecule has 1 aromatic heterocycles. The van der Waals surface area contributed by atoms with Crippen molar-refractivity contribution in [1.29, 1.82) is 0 Å². The number of benzene rings is 2. The van der Waals surface area contributed by atoms with Crippen molar-refractivity contribution in [3.63, 3.8) is 0 Å². The van der Waals surface area contributed by atoms with Crippen LogP contribution in [0.15, 0.2) is 48.6 Å². The third-order valence-electron chi connectivity index (χ3n) is 15.7. The number of Topliss-reactive ketones (excluding diaryl/α,β-unsaturated/α-hetero) is 1. The maximum atomic E-state index is 15.3. The first-order chi connectivity index (χ1) is 27.7. The lowest BCUT2D eigenvalue weighted by Crippen LogP contribution is -2.81. The summed E-state index contributed by atoms with van der Waals surface area (Å²) in [6, 6.07) is 11.2. The van der Waals surface area contributed by atoms with Crippen molar-refractivity contribution >= 4 is 34.3 Å². The Kier molecular flexibility index (Phi) is 9.06. The van der Waals surface area contributed by atoms with Gasteiger partial charge in [-0.25, -0.2) is 0 Å². The molecule has 3 fully saturated rings. The lowest BCUT2D eigenvalue weighted by Gasteiger charge is -2.64. The molecule has 1 aliphatic carbocycles. The smallest absolute Gasteiger partial charge is 0.322 e. The van der Waals surface area contributed by atoms with E-state index in [1.165, 1.54) is 21.0 Å². The lowest BCUT2D eigenvalue weighted by atomic mass is 9.47. The van der Waals surface area contributed by atoms with Crippen LogP contribution in [0.25, 0.3) is 10.9 Å². The molecule has 0 radical (unpaired) electrons. The zero-order valence-electron chi connectivity index (χ0n) is 34.9. The number of hydrogen-bond acceptors (Lipinski definition) is 11. The maximum Gasteiger partial charge on any atom is 0.322 e. The molecule has 1 unspecified atom stereocenters. The largest absolute Gasteiger partial charge is 0.496 e. The molecular formula is C46H58N4O8. The number of ketones is 1. The quantitative estimate of drug-likeness (QED) is 0.231. The monoisotopic (exact) mass is 794 g/mol. The van der Waals surface area contributed by atoms with Gasteiger partial charge in [-0.3, -0.25) is 24.2 Å². The Labute approximate surface area is 340 Å². The summed E-state index contributed by atoms with van der Waals surface area (Å²) in [7, 11) is 4.97. The molecule has 5 aliphatic heterocycles. The minimum Gasteiger partial charge on any atom is -0.496 e. The van der Waals surface area contributed by atoms with Gasteiger partial charge in [-0.1, -0.05) is 44.2 Å². The first-order valence-corrected chi connectivity index (χ1v) is 21.1. The van der Waals surface area contributed by atoms with Crippen molar-refractivity contribution < 1.29 is 38.8 Å². The lowest BCUT2D eigenvalue weighted by molar-refractivity contribution is -0.215. The number of H-pyrrole nitrogens is 1. The van der Waals surface area contributed by atoms with Crippen LogP contribution < -0.4 is 9.64 Å². The SMILES string of the molecule is CC[C@]1(O)C[C@@H]2CN(CCc3c([nH]c4ccccc34)[C@](C(=O)OC)(c3cc4c(cc3OC)N(C)[C@H]3[C@@](O)(C(C)=O)[C@H](OC(C)=O)[C@]5(CC)C=CCN6CC[C@]43[C@@H]65)C2)C1. The van der Waals surface area contributed by atoms with E-state index in [4.69, 9.17) is 14.2 Å². The van der Waals surface area contributed by atoms with Gasteiger partial charge in [0.25, 0.3) is 0 Å². The van der Waals surface area contributed by atoms with Gasteiger partial charge in [0.05, 0.1) is 25.9 Å². The highest BCUT2D eigenvalue weighted by atomic mass is 16.6. The van der Waals surface area contributed by atoms with Gasteiger partial charge >= 0.3 is 11.9 Å². The number of hydrogen-bond donors (Lipinski definition) is 3. The van der Waals surface area contributed by atoms with Gasteiger partial charge in [0.1, 0.15) is 11.2 Å². The maximum absolute atomic E-state index is 15.3. The van der Waals surface area contributed by atoms with E-state index >= 15 is 4.79 Å². The molecule has 6 aliphatic rings. The van der Waals surface area contributed by atoms with Gasteiger partial charge in [-0.2, -0.15) is 0 Å². The van der Waals surface area contributed by atoms with Crippen LogP contribution in [-0.4, -0.2) is 126 Å². The molecule has 2 aromatic carbocycles. The molecule has 12 nitrogen and oxygen atoms in total. The van der Waals surface area contributed by atoms with E-state index < -0.39 is 57.3 Å². The number of piperidine rings is 1. The van der Waals surface area contributed by atoms with Crippen molar-refractivity contribution in [3.8, 4) is 5.75 Å². The molecule has 6 heterocycles.